The molecule has 1 amide bonds. The summed E-state index contributed by atoms with van der Waals surface area (Å²) in [6.45, 7) is 5.00. The van der Waals surface area contributed by atoms with E-state index in [1.807, 2.05) is 32.0 Å². The van der Waals surface area contributed by atoms with Gasteiger partial charge in [0.2, 0.25) is 5.91 Å². The number of anilines is 3. The molecule has 0 saturated heterocycles. The van der Waals surface area contributed by atoms with Crippen LogP contribution in [-0.2, 0) is 25.0 Å². The van der Waals surface area contributed by atoms with E-state index in [-0.39, 0.29) is 27.8 Å². The maximum atomic E-state index is 12.0. The number of carbonyl (C=O) groups is 1. The molecule has 12 nitrogen and oxygen atoms in total. The zero-order valence-electron chi connectivity index (χ0n) is 21.4. The predicted octanol–water partition coefficient (Wildman–Crippen LogP) is 5.77. The number of benzene rings is 4. The minimum atomic E-state index is -4.75. The topological polar surface area (TPSA) is 195 Å². The van der Waals surface area contributed by atoms with Crippen LogP contribution in [0, 0.1) is 13.8 Å². The van der Waals surface area contributed by atoms with E-state index in [0.717, 1.165) is 35.0 Å². The van der Waals surface area contributed by atoms with Crippen molar-refractivity contribution in [3.05, 3.63) is 71.8 Å². The summed E-state index contributed by atoms with van der Waals surface area (Å²) < 4.78 is 66.7. The highest BCUT2D eigenvalue weighted by Gasteiger charge is 2.20. The molecule has 5 N–H and O–H groups in total. The molecule has 40 heavy (non-hydrogen) atoms. The van der Waals surface area contributed by atoms with Crippen LogP contribution in [0.3, 0.4) is 0 Å². The number of aryl methyl sites for hydroxylation is 2. The Morgan fingerprint density at radius 2 is 1.52 bits per heavy atom. The van der Waals surface area contributed by atoms with Gasteiger partial charge in [-0.15, -0.1) is 10.2 Å². The Labute approximate surface area is 229 Å². The monoisotopic (exact) mass is 584 g/mol. The normalized spacial score (nSPS) is 12.1. The average Bonchev–Trinajstić information content (AvgIpc) is 2.83. The molecule has 14 heteroatoms. The SMILES string of the molecule is CC(=O)Nc1ccc(S(=O)(=O)O)c(N=Nc2c(Nc3c(C)cccc3C)ccc3cc(S(=O)(=O)O)cc(O)c23)c1. The van der Waals surface area contributed by atoms with Gasteiger partial charge >= 0.3 is 0 Å². The Morgan fingerprint density at radius 3 is 2.12 bits per heavy atom. The molecule has 0 heterocycles. The van der Waals surface area contributed by atoms with E-state index in [9.17, 15) is 35.8 Å². The number of nitrogens with one attached hydrogen (secondary N) is 2. The molecule has 0 unspecified atom stereocenters. The number of carbonyl (C=O) groups excluding carboxylic acids is 1. The van der Waals surface area contributed by atoms with Crippen molar-refractivity contribution in [3.63, 3.8) is 0 Å². The molecule has 4 rings (SSSR count). The Kier molecular flexibility index (Phi) is 7.63. The van der Waals surface area contributed by atoms with Crippen LogP contribution >= 0.6 is 0 Å². The number of phenols is 1. The van der Waals surface area contributed by atoms with Crippen molar-refractivity contribution in [2.24, 2.45) is 10.2 Å². The number of fused-ring (bicyclic) bond motifs is 1. The molecule has 0 spiro atoms. The molecule has 4 aromatic carbocycles. The fourth-order valence-corrected chi connectivity index (χ4v) is 5.24. The van der Waals surface area contributed by atoms with Gasteiger partial charge < -0.3 is 15.7 Å². The summed E-state index contributed by atoms with van der Waals surface area (Å²) in [5.74, 6) is -0.984. The maximum absolute atomic E-state index is 12.0. The van der Waals surface area contributed by atoms with Gasteiger partial charge in [0.05, 0.1) is 16.0 Å². The molecule has 208 valence electrons. The number of amides is 1. The Morgan fingerprint density at radius 1 is 0.850 bits per heavy atom. The van der Waals surface area contributed by atoms with Crippen LogP contribution in [0.5, 0.6) is 5.75 Å². The highest BCUT2D eigenvalue weighted by atomic mass is 32.2. The van der Waals surface area contributed by atoms with E-state index < -0.39 is 41.7 Å². The van der Waals surface area contributed by atoms with Crippen LogP contribution in [0.1, 0.15) is 18.1 Å². The van der Waals surface area contributed by atoms with E-state index in [2.05, 4.69) is 20.9 Å². The van der Waals surface area contributed by atoms with Gasteiger partial charge in [0.1, 0.15) is 22.0 Å². The lowest BCUT2D eigenvalue weighted by atomic mass is 10.0. The molecule has 0 radical (unpaired) electrons. The van der Waals surface area contributed by atoms with E-state index in [1.165, 1.54) is 25.1 Å². The molecular weight excluding hydrogens is 560 g/mol. The van der Waals surface area contributed by atoms with Crippen LogP contribution in [0.4, 0.5) is 28.4 Å². The van der Waals surface area contributed by atoms with E-state index >= 15 is 0 Å². The Balaban J connectivity index is 1.99. The van der Waals surface area contributed by atoms with Gasteiger partial charge in [-0.2, -0.15) is 16.8 Å². The second-order valence-electron chi connectivity index (χ2n) is 8.91. The fraction of sp³-hybridized carbons (Fsp3) is 0.115. The smallest absolute Gasteiger partial charge is 0.296 e. The van der Waals surface area contributed by atoms with Gasteiger partial charge in [-0.1, -0.05) is 24.3 Å². The number of hydrogen-bond donors (Lipinski definition) is 5. The van der Waals surface area contributed by atoms with E-state index in [1.54, 1.807) is 6.07 Å². The van der Waals surface area contributed by atoms with Crippen molar-refractivity contribution in [1.82, 2.24) is 0 Å². The quantitative estimate of drug-likeness (QED) is 0.132. The summed E-state index contributed by atoms with van der Waals surface area (Å²) in [5, 5.41) is 25.0. The standard InChI is InChI=1S/C26H24N4O8S2/c1-14-5-4-6-15(2)25(14)28-20-9-7-17-11-19(39(33,34)35)13-22(32)24(17)26(20)30-29-21-12-18(27-16(3)31)8-10-23(21)40(36,37)38/h4-13,28,32H,1-3H3,(H,27,31)(H,33,34,35)(H,36,37,38). The van der Waals surface area contributed by atoms with Gasteiger partial charge in [-0.25, -0.2) is 0 Å². The Bertz CT molecular complexity index is 1900. The van der Waals surface area contributed by atoms with Crippen molar-refractivity contribution in [1.29, 1.82) is 0 Å². The lowest BCUT2D eigenvalue weighted by molar-refractivity contribution is -0.114. The first-order valence-corrected chi connectivity index (χ1v) is 14.4. The number of azo groups is 1. The highest BCUT2D eigenvalue weighted by molar-refractivity contribution is 7.86. The van der Waals surface area contributed by atoms with Gasteiger partial charge in [0.15, 0.2) is 0 Å². The summed E-state index contributed by atoms with van der Waals surface area (Å²) in [4.78, 5) is 10.4. The van der Waals surface area contributed by atoms with Crippen molar-refractivity contribution in [2.45, 2.75) is 30.6 Å². The summed E-state index contributed by atoms with van der Waals surface area (Å²) in [6.07, 6.45) is 0. The van der Waals surface area contributed by atoms with Gasteiger partial charge in [0.25, 0.3) is 20.2 Å². The number of rotatable bonds is 7. The molecule has 0 aromatic heterocycles. The van der Waals surface area contributed by atoms with Gasteiger partial charge in [-0.05, 0) is 60.7 Å². The van der Waals surface area contributed by atoms with Crippen LogP contribution in [0.25, 0.3) is 10.8 Å². The van der Waals surface area contributed by atoms with E-state index in [4.69, 9.17) is 0 Å². The molecular formula is C26H24N4O8S2. The maximum Gasteiger partial charge on any atom is 0.296 e. The predicted molar refractivity (Wildman–Crippen MR) is 149 cm³/mol. The van der Waals surface area contributed by atoms with Gasteiger partial charge in [-0.3, -0.25) is 13.9 Å². The summed E-state index contributed by atoms with van der Waals surface area (Å²) in [7, 11) is -9.40. The molecule has 4 aromatic rings. The first-order chi connectivity index (χ1) is 18.6. The molecule has 0 aliphatic heterocycles. The largest absolute Gasteiger partial charge is 0.507 e. The Hall–Kier alpha value is -4.37. The summed E-state index contributed by atoms with van der Waals surface area (Å²) in [6, 6.07) is 14.1. The molecule has 0 saturated carbocycles. The number of phenolic OH excluding ortho intramolecular Hbond substituents is 1. The van der Waals surface area contributed by atoms with Crippen molar-refractivity contribution >= 4 is 65.4 Å². The average molecular weight is 585 g/mol. The molecule has 0 aliphatic carbocycles. The number of para-hydroxylation sites is 1. The molecule has 0 fully saturated rings. The molecule has 0 bridgehead atoms. The van der Waals surface area contributed by atoms with Crippen LogP contribution in [-0.4, -0.2) is 37.0 Å². The second-order valence-corrected chi connectivity index (χ2v) is 11.7. The molecule has 0 aliphatic rings. The minimum Gasteiger partial charge on any atom is -0.507 e. The number of hydrogen-bond acceptors (Lipinski definition) is 9. The third-order valence-electron chi connectivity index (χ3n) is 5.90. The van der Waals surface area contributed by atoms with Crippen molar-refractivity contribution in [3.8, 4) is 5.75 Å². The number of nitrogens with zero attached hydrogens (tertiary/aromatic N) is 2. The summed E-state index contributed by atoms with van der Waals surface area (Å²) >= 11 is 0. The number of aromatic hydroxyl groups is 1. The van der Waals surface area contributed by atoms with Crippen molar-refractivity contribution < 1.29 is 35.8 Å². The summed E-state index contributed by atoms with van der Waals surface area (Å²) in [5.41, 5.74) is 2.65. The lowest BCUT2D eigenvalue weighted by Gasteiger charge is -2.16. The first kappa shape index (κ1) is 28.6. The minimum absolute atomic E-state index is 0.00856. The fourth-order valence-electron chi connectivity index (χ4n) is 4.10. The zero-order valence-corrected chi connectivity index (χ0v) is 23.0. The molecule has 0 atom stereocenters. The first-order valence-electron chi connectivity index (χ1n) is 11.6. The van der Waals surface area contributed by atoms with Gasteiger partial charge in [0, 0.05) is 24.4 Å². The second kappa shape index (κ2) is 10.7. The lowest BCUT2D eigenvalue weighted by Crippen LogP contribution is -2.06. The van der Waals surface area contributed by atoms with Crippen molar-refractivity contribution in [2.75, 3.05) is 10.6 Å². The van der Waals surface area contributed by atoms with Crippen LogP contribution < -0.4 is 10.6 Å². The van der Waals surface area contributed by atoms with Crippen LogP contribution in [0.2, 0.25) is 0 Å². The third kappa shape index (κ3) is 6.10. The van der Waals surface area contributed by atoms with E-state index in [0.29, 0.717) is 5.69 Å². The van der Waals surface area contributed by atoms with Crippen LogP contribution in [0.15, 0.2) is 80.7 Å². The zero-order chi connectivity index (χ0) is 29.4. The third-order valence-corrected chi connectivity index (χ3v) is 7.63. The highest BCUT2D eigenvalue weighted by Crippen LogP contribution is 2.43.